The summed E-state index contributed by atoms with van der Waals surface area (Å²) in [5.74, 6) is 0. The molecular formula is C9H9NOS. The van der Waals surface area contributed by atoms with E-state index in [0.29, 0.717) is 0 Å². The molecular weight excluding hydrogens is 170 g/mol. The third-order valence-electron chi connectivity index (χ3n) is 1.48. The molecule has 0 saturated heterocycles. The van der Waals surface area contributed by atoms with Gasteiger partial charge in [0, 0.05) is 12.7 Å². The van der Waals surface area contributed by atoms with Crippen molar-refractivity contribution < 1.29 is 4.74 Å². The van der Waals surface area contributed by atoms with Crippen LogP contribution >= 0.6 is 12.2 Å². The van der Waals surface area contributed by atoms with Gasteiger partial charge in [0.1, 0.15) is 0 Å². The van der Waals surface area contributed by atoms with Crippen LogP contribution in [0.1, 0.15) is 11.8 Å². The molecule has 0 aromatic heterocycles. The van der Waals surface area contributed by atoms with Gasteiger partial charge in [0.15, 0.2) is 6.23 Å². The summed E-state index contributed by atoms with van der Waals surface area (Å²) in [5.41, 5.74) is 0.984. The van der Waals surface area contributed by atoms with E-state index >= 15 is 0 Å². The van der Waals surface area contributed by atoms with E-state index in [0.717, 1.165) is 5.56 Å². The Morgan fingerprint density at radius 3 is 2.58 bits per heavy atom. The lowest BCUT2D eigenvalue weighted by molar-refractivity contribution is 0.112. The van der Waals surface area contributed by atoms with Crippen molar-refractivity contribution in [2.24, 2.45) is 4.99 Å². The quantitative estimate of drug-likeness (QED) is 0.525. The number of methoxy groups -OCH3 is 1. The van der Waals surface area contributed by atoms with Crippen LogP contribution in [0.25, 0.3) is 0 Å². The van der Waals surface area contributed by atoms with E-state index < -0.39 is 0 Å². The summed E-state index contributed by atoms with van der Waals surface area (Å²) in [6.07, 6.45) is -0.316. The Morgan fingerprint density at radius 2 is 2.08 bits per heavy atom. The van der Waals surface area contributed by atoms with Gasteiger partial charge in [-0.2, -0.15) is 4.99 Å². The molecule has 1 atom stereocenters. The first kappa shape index (κ1) is 9.07. The number of nitrogens with zero attached hydrogens (tertiary/aromatic N) is 1. The van der Waals surface area contributed by atoms with Crippen LogP contribution in [0.5, 0.6) is 0 Å². The second-order valence-electron chi connectivity index (χ2n) is 2.22. The van der Waals surface area contributed by atoms with Crippen molar-refractivity contribution in [1.82, 2.24) is 0 Å². The third-order valence-corrected chi connectivity index (χ3v) is 1.58. The van der Waals surface area contributed by atoms with Crippen LogP contribution in [0, 0.1) is 0 Å². The highest BCUT2D eigenvalue weighted by molar-refractivity contribution is 7.78. The third kappa shape index (κ3) is 2.24. The molecule has 0 aliphatic carbocycles. The number of rotatable bonds is 3. The maximum atomic E-state index is 5.08. The van der Waals surface area contributed by atoms with Gasteiger partial charge in [0.05, 0.1) is 5.16 Å². The van der Waals surface area contributed by atoms with Gasteiger partial charge in [-0.1, -0.05) is 30.3 Å². The van der Waals surface area contributed by atoms with Crippen LogP contribution in [0.2, 0.25) is 0 Å². The zero-order chi connectivity index (χ0) is 8.81. The monoisotopic (exact) mass is 179 g/mol. The van der Waals surface area contributed by atoms with Gasteiger partial charge in [-0.05, 0) is 12.2 Å². The second-order valence-corrected chi connectivity index (χ2v) is 2.40. The maximum Gasteiger partial charge on any atom is 0.183 e. The van der Waals surface area contributed by atoms with Crippen molar-refractivity contribution >= 4 is 17.4 Å². The number of hydrogen-bond donors (Lipinski definition) is 0. The minimum absolute atomic E-state index is 0.316. The molecule has 0 radical (unpaired) electrons. The molecule has 0 fully saturated rings. The molecule has 1 aromatic carbocycles. The summed E-state index contributed by atoms with van der Waals surface area (Å²) in [6, 6.07) is 9.67. The van der Waals surface area contributed by atoms with Crippen LogP contribution in [0.4, 0.5) is 0 Å². The van der Waals surface area contributed by atoms with Crippen molar-refractivity contribution in [2.45, 2.75) is 6.23 Å². The van der Waals surface area contributed by atoms with Crippen molar-refractivity contribution in [3.63, 3.8) is 0 Å². The Labute approximate surface area is 76.9 Å². The predicted octanol–water partition coefficient (Wildman–Crippen LogP) is 2.43. The highest BCUT2D eigenvalue weighted by atomic mass is 32.1. The molecule has 0 amide bonds. The molecule has 0 bridgehead atoms. The number of benzene rings is 1. The van der Waals surface area contributed by atoms with E-state index in [1.165, 1.54) is 0 Å². The lowest BCUT2D eigenvalue weighted by atomic mass is 10.2. The molecule has 0 aliphatic heterocycles. The van der Waals surface area contributed by atoms with E-state index in [2.05, 4.69) is 22.4 Å². The normalized spacial score (nSPS) is 11.8. The molecule has 0 heterocycles. The van der Waals surface area contributed by atoms with E-state index in [1.807, 2.05) is 30.3 Å². The van der Waals surface area contributed by atoms with Gasteiger partial charge < -0.3 is 4.74 Å². The van der Waals surface area contributed by atoms with Crippen LogP contribution in [0.3, 0.4) is 0 Å². The zero-order valence-electron chi connectivity index (χ0n) is 6.73. The molecule has 0 saturated carbocycles. The Morgan fingerprint density at radius 1 is 1.42 bits per heavy atom. The smallest absolute Gasteiger partial charge is 0.183 e. The molecule has 2 nitrogen and oxygen atoms in total. The fourth-order valence-corrected chi connectivity index (χ4v) is 1.02. The van der Waals surface area contributed by atoms with Crippen LogP contribution in [-0.2, 0) is 4.74 Å². The molecule has 1 rings (SSSR count). The molecule has 12 heavy (non-hydrogen) atoms. The first-order valence-electron chi connectivity index (χ1n) is 3.53. The zero-order valence-corrected chi connectivity index (χ0v) is 7.54. The van der Waals surface area contributed by atoms with Crippen molar-refractivity contribution in [3.05, 3.63) is 35.9 Å². The Hall–Kier alpha value is -1.02. The summed E-state index contributed by atoms with van der Waals surface area (Å²) >= 11 is 4.50. The minimum atomic E-state index is -0.316. The van der Waals surface area contributed by atoms with E-state index in [9.17, 15) is 0 Å². The van der Waals surface area contributed by atoms with Crippen LogP contribution in [-0.4, -0.2) is 12.3 Å². The first-order chi connectivity index (χ1) is 5.88. The standard InChI is InChI=1S/C9H9NOS/c1-11-9(10-7-12)8-5-3-2-4-6-8/h2-6,9H,1H3. The van der Waals surface area contributed by atoms with Crippen molar-refractivity contribution in [2.75, 3.05) is 7.11 Å². The van der Waals surface area contributed by atoms with Crippen LogP contribution < -0.4 is 0 Å². The summed E-state index contributed by atoms with van der Waals surface area (Å²) < 4.78 is 5.08. The van der Waals surface area contributed by atoms with E-state index in [4.69, 9.17) is 4.74 Å². The molecule has 3 heteroatoms. The summed E-state index contributed by atoms with van der Waals surface area (Å²) in [6.45, 7) is 0. The number of hydrogen-bond acceptors (Lipinski definition) is 3. The molecule has 62 valence electrons. The Bertz CT molecular complexity index is 280. The van der Waals surface area contributed by atoms with Gasteiger partial charge in [-0.25, -0.2) is 0 Å². The van der Waals surface area contributed by atoms with Crippen LogP contribution in [0.15, 0.2) is 35.3 Å². The fraction of sp³-hybridized carbons (Fsp3) is 0.222. The lowest BCUT2D eigenvalue weighted by Crippen LogP contribution is -1.96. The minimum Gasteiger partial charge on any atom is -0.355 e. The van der Waals surface area contributed by atoms with E-state index in [-0.39, 0.29) is 6.23 Å². The molecule has 1 aromatic rings. The Balaban J connectivity index is 2.87. The van der Waals surface area contributed by atoms with Gasteiger partial charge in [-0.15, -0.1) is 0 Å². The maximum absolute atomic E-state index is 5.08. The van der Waals surface area contributed by atoms with Gasteiger partial charge in [-0.3, -0.25) is 0 Å². The average molecular weight is 179 g/mol. The lowest BCUT2D eigenvalue weighted by Gasteiger charge is -2.07. The summed E-state index contributed by atoms with van der Waals surface area (Å²) in [5, 5.41) is 2.30. The summed E-state index contributed by atoms with van der Waals surface area (Å²) in [4.78, 5) is 3.86. The van der Waals surface area contributed by atoms with Crippen molar-refractivity contribution in [3.8, 4) is 0 Å². The number of aliphatic imine (C=N–C) groups is 1. The molecule has 0 spiro atoms. The van der Waals surface area contributed by atoms with Crippen molar-refractivity contribution in [1.29, 1.82) is 0 Å². The number of ether oxygens (including phenoxy) is 1. The molecule has 0 N–H and O–H groups in total. The van der Waals surface area contributed by atoms with Gasteiger partial charge in [0.25, 0.3) is 0 Å². The fourth-order valence-electron chi connectivity index (χ4n) is 0.929. The topological polar surface area (TPSA) is 21.6 Å². The highest BCUT2D eigenvalue weighted by Gasteiger charge is 2.05. The highest BCUT2D eigenvalue weighted by Crippen LogP contribution is 2.16. The molecule has 0 aliphatic rings. The molecule has 1 unspecified atom stereocenters. The summed E-state index contributed by atoms with van der Waals surface area (Å²) in [7, 11) is 1.59. The number of thiocarbonyl (C=S) groups is 1. The SMILES string of the molecule is COC(N=C=S)c1ccccc1. The van der Waals surface area contributed by atoms with Gasteiger partial charge >= 0.3 is 0 Å². The first-order valence-corrected chi connectivity index (χ1v) is 3.94. The number of isothiocyanates is 1. The predicted molar refractivity (Wildman–Crippen MR) is 51.2 cm³/mol. The Kier molecular flexibility index (Phi) is 3.61. The van der Waals surface area contributed by atoms with E-state index in [1.54, 1.807) is 7.11 Å². The second kappa shape index (κ2) is 4.78. The largest absolute Gasteiger partial charge is 0.355 e. The van der Waals surface area contributed by atoms with Gasteiger partial charge in [0.2, 0.25) is 0 Å². The average Bonchev–Trinajstić information content (AvgIpc) is 2.15.